The summed E-state index contributed by atoms with van der Waals surface area (Å²) in [6.07, 6.45) is 5.22. The van der Waals surface area contributed by atoms with Gasteiger partial charge in [-0.2, -0.15) is 0 Å². The van der Waals surface area contributed by atoms with Gasteiger partial charge < -0.3 is 9.32 Å². The molecule has 3 aromatic rings. The van der Waals surface area contributed by atoms with Crippen LogP contribution in [0.25, 0.3) is 11.1 Å². The van der Waals surface area contributed by atoms with E-state index in [1.54, 1.807) is 11.3 Å². The Morgan fingerprint density at radius 3 is 2.85 bits per heavy atom. The summed E-state index contributed by atoms with van der Waals surface area (Å²) >= 11 is 1.78. The van der Waals surface area contributed by atoms with Crippen molar-refractivity contribution < 1.29 is 9.21 Å². The van der Waals surface area contributed by atoms with Crippen LogP contribution in [0, 0.1) is 5.92 Å². The largest absolute Gasteiger partial charge is 0.440 e. The molecule has 0 N–H and O–H groups in total. The maximum absolute atomic E-state index is 13.1. The Labute approximate surface area is 163 Å². The van der Waals surface area contributed by atoms with E-state index in [1.807, 2.05) is 29.2 Å². The highest BCUT2D eigenvalue weighted by molar-refractivity contribution is 7.10. The molecule has 2 aliphatic rings. The number of aromatic nitrogens is 1. The van der Waals surface area contributed by atoms with E-state index in [2.05, 4.69) is 17.3 Å². The topological polar surface area (TPSA) is 46.3 Å². The molecule has 1 unspecified atom stereocenters. The minimum absolute atomic E-state index is 0.220. The second-order valence-corrected chi connectivity index (χ2v) is 8.95. The van der Waals surface area contributed by atoms with E-state index in [0.29, 0.717) is 5.92 Å². The van der Waals surface area contributed by atoms with E-state index >= 15 is 0 Å². The lowest BCUT2D eigenvalue weighted by atomic mass is 9.88. The Balaban J connectivity index is 1.28. The lowest BCUT2D eigenvalue weighted by Gasteiger charge is -2.31. The van der Waals surface area contributed by atoms with Gasteiger partial charge in [-0.25, -0.2) is 4.98 Å². The molecule has 3 heterocycles. The first-order valence-corrected chi connectivity index (χ1v) is 10.8. The third-order valence-corrected chi connectivity index (χ3v) is 7.13. The van der Waals surface area contributed by atoms with Gasteiger partial charge in [0.25, 0.3) is 5.91 Å². The van der Waals surface area contributed by atoms with E-state index in [-0.39, 0.29) is 5.91 Å². The average Bonchev–Trinajstić information content (AvgIpc) is 3.31. The Bertz CT molecular complexity index is 948. The average molecular weight is 381 g/mol. The van der Waals surface area contributed by atoms with Gasteiger partial charge in [0, 0.05) is 29.3 Å². The molecule has 0 saturated carbocycles. The number of nitrogens with zero attached hydrogens (tertiary/aromatic N) is 2. The molecule has 27 heavy (non-hydrogen) atoms. The SMILES string of the molecule is CC1CCc2c(C(=O)N3CCC(c4nc5ccccc5o4)CC3)csc2C1. The Kier molecular flexibility index (Phi) is 4.27. The molecule has 1 saturated heterocycles. The van der Waals surface area contributed by atoms with Crippen molar-refractivity contribution in [2.24, 2.45) is 5.92 Å². The fourth-order valence-electron chi connectivity index (χ4n) is 4.42. The van der Waals surface area contributed by atoms with Crippen molar-refractivity contribution in [1.29, 1.82) is 0 Å². The van der Waals surface area contributed by atoms with Crippen molar-refractivity contribution in [1.82, 2.24) is 9.88 Å². The number of oxazole rings is 1. The van der Waals surface area contributed by atoms with Crippen molar-refractivity contribution in [3.63, 3.8) is 0 Å². The van der Waals surface area contributed by atoms with E-state index in [0.717, 1.165) is 67.2 Å². The molecule has 1 atom stereocenters. The van der Waals surface area contributed by atoms with Crippen molar-refractivity contribution in [3.05, 3.63) is 51.5 Å². The molecule has 2 aromatic heterocycles. The van der Waals surface area contributed by atoms with Crippen LogP contribution >= 0.6 is 11.3 Å². The van der Waals surface area contributed by atoms with Gasteiger partial charge >= 0.3 is 0 Å². The van der Waals surface area contributed by atoms with Crippen LogP contribution in [-0.2, 0) is 12.8 Å². The molecule has 0 radical (unpaired) electrons. The third kappa shape index (κ3) is 3.08. The molecule has 1 fully saturated rings. The summed E-state index contributed by atoms with van der Waals surface area (Å²) in [6.45, 7) is 3.87. The minimum Gasteiger partial charge on any atom is -0.440 e. The smallest absolute Gasteiger partial charge is 0.254 e. The Morgan fingerprint density at radius 1 is 1.22 bits per heavy atom. The van der Waals surface area contributed by atoms with Crippen LogP contribution in [-0.4, -0.2) is 28.9 Å². The van der Waals surface area contributed by atoms with Crippen LogP contribution in [0.5, 0.6) is 0 Å². The van der Waals surface area contributed by atoms with Gasteiger partial charge in [0.2, 0.25) is 0 Å². The molecule has 1 amide bonds. The third-order valence-electron chi connectivity index (χ3n) is 6.07. The zero-order valence-electron chi connectivity index (χ0n) is 15.6. The number of fused-ring (bicyclic) bond motifs is 2. The number of amides is 1. The van der Waals surface area contributed by atoms with Crippen molar-refractivity contribution >= 4 is 28.3 Å². The highest BCUT2D eigenvalue weighted by atomic mass is 32.1. The molecule has 4 nitrogen and oxygen atoms in total. The number of carbonyl (C=O) groups excluding carboxylic acids is 1. The summed E-state index contributed by atoms with van der Waals surface area (Å²) in [5.74, 6) is 2.09. The first-order chi connectivity index (χ1) is 13.2. The summed E-state index contributed by atoms with van der Waals surface area (Å²) in [5.41, 5.74) is 4.06. The molecule has 0 spiro atoms. The summed E-state index contributed by atoms with van der Waals surface area (Å²) in [7, 11) is 0. The Morgan fingerprint density at radius 2 is 2.04 bits per heavy atom. The van der Waals surface area contributed by atoms with Crippen LogP contribution in [0.3, 0.4) is 0 Å². The molecule has 1 aromatic carbocycles. The van der Waals surface area contributed by atoms with E-state index < -0.39 is 0 Å². The number of para-hydroxylation sites is 2. The number of hydrogen-bond donors (Lipinski definition) is 0. The number of hydrogen-bond acceptors (Lipinski definition) is 4. The molecule has 1 aliphatic heterocycles. The number of likely N-dealkylation sites (tertiary alicyclic amines) is 1. The van der Waals surface area contributed by atoms with Crippen molar-refractivity contribution in [2.45, 2.75) is 44.9 Å². The predicted molar refractivity (Wildman–Crippen MR) is 107 cm³/mol. The zero-order valence-corrected chi connectivity index (χ0v) is 16.4. The highest BCUT2D eigenvalue weighted by Gasteiger charge is 2.30. The maximum atomic E-state index is 13.1. The van der Waals surface area contributed by atoms with E-state index in [1.165, 1.54) is 16.9 Å². The number of thiophene rings is 1. The first kappa shape index (κ1) is 17.0. The first-order valence-electron chi connectivity index (χ1n) is 9.93. The minimum atomic E-state index is 0.220. The fraction of sp³-hybridized carbons (Fsp3) is 0.455. The summed E-state index contributed by atoms with van der Waals surface area (Å²) in [4.78, 5) is 21.2. The monoisotopic (exact) mass is 380 g/mol. The number of piperidine rings is 1. The molecule has 0 bridgehead atoms. The van der Waals surface area contributed by atoms with E-state index in [4.69, 9.17) is 4.42 Å². The number of rotatable bonds is 2. The normalized spacial score (nSPS) is 20.8. The van der Waals surface area contributed by atoms with Gasteiger partial charge in [0.15, 0.2) is 11.5 Å². The molecule has 5 rings (SSSR count). The van der Waals surface area contributed by atoms with Gasteiger partial charge in [0.05, 0.1) is 5.56 Å². The fourth-order valence-corrected chi connectivity index (χ4v) is 5.66. The van der Waals surface area contributed by atoms with Crippen LogP contribution in [0.2, 0.25) is 0 Å². The van der Waals surface area contributed by atoms with Crippen LogP contribution in [0.4, 0.5) is 0 Å². The van der Waals surface area contributed by atoms with Gasteiger partial charge in [0.1, 0.15) is 5.52 Å². The molecule has 5 heteroatoms. The second kappa shape index (κ2) is 6.79. The Hall–Kier alpha value is -2.14. The highest BCUT2D eigenvalue weighted by Crippen LogP contribution is 2.35. The summed E-state index contributed by atoms with van der Waals surface area (Å²) in [5, 5.41) is 2.10. The van der Waals surface area contributed by atoms with Gasteiger partial charge in [-0.05, 0) is 55.7 Å². The quantitative estimate of drug-likeness (QED) is 0.626. The zero-order chi connectivity index (χ0) is 18.4. The van der Waals surface area contributed by atoms with Gasteiger partial charge in [-0.3, -0.25) is 4.79 Å². The second-order valence-electron chi connectivity index (χ2n) is 7.99. The molecular weight excluding hydrogens is 356 g/mol. The van der Waals surface area contributed by atoms with Crippen LogP contribution < -0.4 is 0 Å². The van der Waals surface area contributed by atoms with Gasteiger partial charge in [-0.1, -0.05) is 19.1 Å². The lowest BCUT2D eigenvalue weighted by Crippen LogP contribution is -2.38. The predicted octanol–water partition coefficient (Wildman–Crippen LogP) is 5.03. The van der Waals surface area contributed by atoms with Crippen LogP contribution in [0.1, 0.15) is 58.8 Å². The van der Waals surface area contributed by atoms with Gasteiger partial charge in [-0.15, -0.1) is 11.3 Å². The molecule has 140 valence electrons. The van der Waals surface area contributed by atoms with Crippen LogP contribution in [0.15, 0.2) is 34.1 Å². The number of benzene rings is 1. The van der Waals surface area contributed by atoms with E-state index in [9.17, 15) is 4.79 Å². The van der Waals surface area contributed by atoms with Crippen molar-refractivity contribution in [2.75, 3.05) is 13.1 Å². The maximum Gasteiger partial charge on any atom is 0.254 e. The standard InChI is InChI=1S/C22H24N2O2S/c1-14-6-7-16-17(13-27-20(16)12-14)22(25)24-10-8-15(9-11-24)21-23-18-4-2-3-5-19(18)26-21/h2-5,13-15H,6-12H2,1H3. The summed E-state index contributed by atoms with van der Waals surface area (Å²) in [6, 6.07) is 7.91. The van der Waals surface area contributed by atoms with Crippen molar-refractivity contribution in [3.8, 4) is 0 Å². The molecular formula is C22H24N2O2S. The lowest BCUT2D eigenvalue weighted by molar-refractivity contribution is 0.0706. The molecule has 1 aliphatic carbocycles. The number of carbonyl (C=O) groups is 1. The summed E-state index contributed by atoms with van der Waals surface area (Å²) < 4.78 is 5.95.